The fourth-order valence-corrected chi connectivity index (χ4v) is 4.61. The molecule has 0 bridgehead atoms. The number of carbonyl (C=O) groups is 1. The number of methoxy groups -OCH3 is 1. The molecule has 2 aliphatic rings. The van der Waals surface area contributed by atoms with Crippen LogP contribution >= 0.6 is 0 Å². The Balaban J connectivity index is 1.58. The zero-order valence-corrected chi connectivity index (χ0v) is 15.9. The lowest BCUT2D eigenvalue weighted by Crippen LogP contribution is -2.50. The number of likely N-dealkylation sites (tertiary alicyclic amines) is 1. The van der Waals surface area contributed by atoms with Crippen LogP contribution in [0.15, 0.2) is 36.4 Å². The minimum Gasteiger partial charge on any atom is -0.497 e. The van der Waals surface area contributed by atoms with Crippen molar-refractivity contribution < 1.29 is 9.53 Å². The predicted molar refractivity (Wildman–Crippen MR) is 106 cm³/mol. The lowest BCUT2D eigenvalue weighted by Gasteiger charge is -2.44. The first-order chi connectivity index (χ1) is 12.7. The number of hydrogen-bond acceptors (Lipinski definition) is 3. The molecule has 2 unspecified atom stereocenters. The summed E-state index contributed by atoms with van der Waals surface area (Å²) in [6.07, 6.45) is 6.24. The number of hydrogen-bond donors (Lipinski definition) is 0. The number of rotatable bonds is 5. The molecule has 2 fully saturated rings. The minimum absolute atomic E-state index is 0.144. The SMILES string of the molecule is CCC1CCN(C2CCC2)CC1C(=O)c1ccc2cc(OC)ccc2c1. The summed E-state index contributed by atoms with van der Waals surface area (Å²) in [5, 5.41) is 2.23. The lowest BCUT2D eigenvalue weighted by molar-refractivity contribution is 0.0401. The first-order valence-corrected chi connectivity index (χ1v) is 10.1. The van der Waals surface area contributed by atoms with Gasteiger partial charge < -0.3 is 4.74 Å². The molecule has 2 atom stereocenters. The topological polar surface area (TPSA) is 29.5 Å². The third-order valence-corrected chi connectivity index (χ3v) is 6.57. The molecule has 26 heavy (non-hydrogen) atoms. The van der Waals surface area contributed by atoms with Gasteiger partial charge in [-0.15, -0.1) is 0 Å². The van der Waals surface area contributed by atoms with E-state index in [1.54, 1.807) is 7.11 Å². The molecule has 0 spiro atoms. The lowest BCUT2D eigenvalue weighted by atomic mass is 9.77. The Morgan fingerprint density at radius 3 is 2.58 bits per heavy atom. The second-order valence-corrected chi connectivity index (χ2v) is 7.94. The van der Waals surface area contributed by atoms with Crippen LogP contribution in [0.5, 0.6) is 5.75 Å². The average molecular weight is 351 g/mol. The average Bonchev–Trinajstić information content (AvgIpc) is 2.65. The Hall–Kier alpha value is -1.87. The molecule has 0 radical (unpaired) electrons. The van der Waals surface area contributed by atoms with Crippen molar-refractivity contribution in [1.29, 1.82) is 0 Å². The van der Waals surface area contributed by atoms with Gasteiger partial charge in [-0.2, -0.15) is 0 Å². The molecule has 1 saturated carbocycles. The van der Waals surface area contributed by atoms with Crippen LogP contribution in [0.25, 0.3) is 10.8 Å². The first kappa shape index (κ1) is 17.5. The molecule has 0 amide bonds. The Morgan fingerprint density at radius 1 is 1.12 bits per heavy atom. The van der Waals surface area contributed by atoms with Crippen LogP contribution in [0.3, 0.4) is 0 Å². The predicted octanol–water partition coefficient (Wildman–Crippen LogP) is 4.93. The van der Waals surface area contributed by atoms with Crippen molar-refractivity contribution >= 4 is 16.6 Å². The van der Waals surface area contributed by atoms with Gasteiger partial charge in [0, 0.05) is 24.1 Å². The standard InChI is InChI=1S/C23H29NO2/c1-3-16-11-12-24(20-5-4-6-20)15-22(16)23(25)19-8-7-18-14-21(26-2)10-9-17(18)13-19/h7-10,13-14,16,20,22H,3-6,11-12,15H2,1-2H3. The molecule has 0 aromatic heterocycles. The van der Waals surface area contributed by atoms with Gasteiger partial charge in [-0.3, -0.25) is 9.69 Å². The summed E-state index contributed by atoms with van der Waals surface area (Å²) >= 11 is 0. The van der Waals surface area contributed by atoms with Crippen LogP contribution in [0, 0.1) is 11.8 Å². The van der Waals surface area contributed by atoms with E-state index in [0.717, 1.165) is 47.5 Å². The third-order valence-electron chi connectivity index (χ3n) is 6.57. The van der Waals surface area contributed by atoms with Crippen molar-refractivity contribution in [2.24, 2.45) is 11.8 Å². The highest BCUT2D eigenvalue weighted by molar-refractivity contribution is 6.01. The van der Waals surface area contributed by atoms with Crippen LogP contribution in [0.1, 0.15) is 49.4 Å². The van der Waals surface area contributed by atoms with Gasteiger partial charge in [0.15, 0.2) is 5.78 Å². The maximum Gasteiger partial charge on any atom is 0.167 e. The van der Waals surface area contributed by atoms with Crippen LogP contribution in [0.4, 0.5) is 0 Å². The number of ether oxygens (including phenoxy) is 1. The van der Waals surface area contributed by atoms with Crippen LogP contribution in [-0.2, 0) is 0 Å². The molecule has 1 heterocycles. The summed E-state index contributed by atoms with van der Waals surface area (Å²) in [5.41, 5.74) is 0.863. The number of nitrogens with zero attached hydrogens (tertiary/aromatic N) is 1. The molecular weight excluding hydrogens is 322 g/mol. The molecule has 3 heteroatoms. The highest BCUT2D eigenvalue weighted by Crippen LogP contribution is 2.35. The van der Waals surface area contributed by atoms with Gasteiger partial charge in [-0.05, 0) is 60.7 Å². The molecule has 2 aromatic rings. The Morgan fingerprint density at radius 2 is 1.88 bits per heavy atom. The smallest absolute Gasteiger partial charge is 0.167 e. The summed E-state index contributed by atoms with van der Waals surface area (Å²) in [5.74, 6) is 1.85. The fraction of sp³-hybridized carbons (Fsp3) is 0.522. The van der Waals surface area contributed by atoms with Crippen molar-refractivity contribution in [1.82, 2.24) is 4.90 Å². The van der Waals surface area contributed by atoms with E-state index in [0.29, 0.717) is 11.7 Å². The van der Waals surface area contributed by atoms with Crippen LogP contribution < -0.4 is 4.74 Å². The van der Waals surface area contributed by atoms with E-state index in [2.05, 4.69) is 24.0 Å². The van der Waals surface area contributed by atoms with Crippen molar-refractivity contribution in [2.45, 2.75) is 45.1 Å². The van der Waals surface area contributed by atoms with Crippen LogP contribution in [-0.4, -0.2) is 36.9 Å². The number of ketones is 1. The van der Waals surface area contributed by atoms with E-state index in [-0.39, 0.29) is 5.92 Å². The maximum atomic E-state index is 13.4. The molecule has 1 saturated heterocycles. The summed E-state index contributed by atoms with van der Waals surface area (Å²) in [4.78, 5) is 15.9. The Kier molecular flexibility index (Phi) is 4.99. The van der Waals surface area contributed by atoms with Gasteiger partial charge in [-0.25, -0.2) is 0 Å². The second-order valence-electron chi connectivity index (χ2n) is 7.94. The number of carbonyl (C=O) groups excluding carboxylic acids is 1. The second kappa shape index (κ2) is 7.40. The highest BCUT2D eigenvalue weighted by atomic mass is 16.5. The summed E-state index contributed by atoms with van der Waals surface area (Å²) in [7, 11) is 1.68. The first-order valence-electron chi connectivity index (χ1n) is 10.1. The molecule has 4 rings (SSSR count). The normalized spacial score (nSPS) is 24.4. The Labute approximate surface area is 156 Å². The fourth-order valence-electron chi connectivity index (χ4n) is 4.61. The summed E-state index contributed by atoms with van der Waals surface area (Å²) in [6.45, 7) is 4.35. The molecule has 3 nitrogen and oxygen atoms in total. The molecule has 1 aliphatic carbocycles. The van der Waals surface area contributed by atoms with Gasteiger partial charge in [0.2, 0.25) is 0 Å². The minimum atomic E-state index is 0.144. The van der Waals surface area contributed by atoms with E-state index >= 15 is 0 Å². The van der Waals surface area contributed by atoms with E-state index in [1.807, 2.05) is 24.3 Å². The largest absolute Gasteiger partial charge is 0.497 e. The maximum absolute atomic E-state index is 13.4. The number of piperidine rings is 1. The monoisotopic (exact) mass is 351 g/mol. The number of fused-ring (bicyclic) bond motifs is 1. The van der Waals surface area contributed by atoms with E-state index < -0.39 is 0 Å². The summed E-state index contributed by atoms with van der Waals surface area (Å²) in [6, 6.07) is 12.9. The highest BCUT2D eigenvalue weighted by Gasteiger charge is 2.37. The van der Waals surface area contributed by atoms with Gasteiger partial charge in [0.25, 0.3) is 0 Å². The van der Waals surface area contributed by atoms with Crippen molar-refractivity contribution in [3.63, 3.8) is 0 Å². The van der Waals surface area contributed by atoms with E-state index in [1.165, 1.54) is 25.8 Å². The quantitative estimate of drug-likeness (QED) is 0.715. The Bertz CT molecular complexity index is 796. The van der Waals surface area contributed by atoms with E-state index in [9.17, 15) is 4.79 Å². The number of Topliss-reactive ketones (excluding diaryl/α,β-unsaturated/α-hetero) is 1. The number of benzene rings is 2. The van der Waals surface area contributed by atoms with Gasteiger partial charge >= 0.3 is 0 Å². The zero-order valence-electron chi connectivity index (χ0n) is 15.9. The zero-order chi connectivity index (χ0) is 18.1. The van der Waals surface area contributed by atoms with Gasteiger partial charge in [-0.1, -0.05) is 38.0 Å². The molecule has 0 N–H and O–H groups in total. The third kappa shape index (κ3) is 3.25. The van der Waals surface area contributed by atoms with Gasteiger partial charge in [0.1, 0.15) is 5.75 Å². The van der Waals surface area contributed by atoms with Crippen LogP contribution in [0.2, 0.25) is 0 Å². The van der Waals surface area contributed by atoms with Gasteiger partial charge in [0.05, 0.1) is 7.11 Å². The summed E-state index contributed by atoms with van der Waals surface area (Å²) < 4.78 is 5.30. The van der Waals surface area contributed by atoms with Crippen molar-refractivity contribution in [2.75, 3.05) is 20.2 Å². The molecule has 1 aliphatic heterocycles. The molecule has 2 aromatic carbocycles. The van der Waals surface area contributed by atoms with E-state index in [4.69, 9.17) is 4.74 Å². The molecular formula is C23H29NO2. The van der Waals surface area contributed by atoms with Crippen molar-refractivity contribution in [3.05, 3.63) is 42.0 Å². The molecule has 138 valence electrons. The van der Waals surface area contributed by atoms with Crippen molar-refractivity contribution in [3.8, 4) is 5.75 Å².